The molecule has 5 heteroatoms. The molecule has 0 spiro atoms. The number of H-pyrrole nitrogens is 1. The number of carbonyl (C=O) groups is 1. The van der Waals surface area contributed by atoms with Crippen molar-refractivity contribution in [2.75, 3.05) is 11.9 Å². The SMILES string of the molecule is CC(C)c1nc2ccc(NCC(=O)O)cc2[nH]1. The highest BCUT2D eigenvalue weighted by molar-refractivity contribution is 5.81. The second kappa shape index (κ2) is 4.45. The van der Waals surface area contributed by atoms with Crippen LogP contribution in [0.4, 0.5) is 5.69 Å². The zero-order chi connectivity index (χ0) is 12.4. The van der Waals surface area contributed by atoms with Gasteiger partial charge < -0.3 is 15.4 Å². The van der Waals surface area contributed by atoms with E-state index in [4.69, 9.17) is 5.11 Å². The number of carboxylic acids is 1. The summed E-state index contributed by atoms with van der Waals surface area (Å²) in [6, 6.07) is 5.58. The number of carboxylic acid groups (broad SMARTS) is 1. The monoisotopic (exact) mass is 233 g/mol. The third kappa shape index (κ3) is 2.55. The van der Waals surface area contributed by atoms with E-state index in [-0.39, 0.29) is 6.54 Å². The van der Waals surface area contributed by atoms with Gasteiger partial charge in [-0.05, 0) is 18.2 Å². The molecular formula is C12H15N3O2. The van der Waals surface area contributed by atoms with Crippen LogP contribution in [0.3, 0.4) is 0 Å². The summed E-state index contributed by atoms with van der Waals surface area (Å²) >= 11 is 0. The molecule has 0 aliphatic heterocycles. The van der Waals surface area contributed by atoms with Crippen molar-refractivity contribution in [1.29, 1.82) is 0 Å². The van der Waals surface area contributed by atoms with Crippen LogP contribution in [0.15, 0.2) is 18.2 Å². The second-order valence-corrected chi connectivity index (χ2v) is 4.26. The van der Waals surface area contributed by atoms with E-state index in [1.165, 1.54) is 0 Å². The van der Waals surface area contributed by atoms with Gasteiger partial charge in [-0.25, -0.2) is 4.98 Å². The summed E-state index contributed by atoms with van der Waals surface area (Å²) < 4.78 is 0. The summed E-state index contributed by atoms with van der Waals surface area (Å²) in [6.45, 7) is 4.05. The Labute approximate surface area is 98.9 Å². The Kier molecular flexibility index (Phi) is 2.99. The molecule has 17 heavy (non-hydrogen) atoms. The molecule has 0 saturated heterocycles. The van der Waals surface area contributed by atoms with E-state index in [9.17, 15) is 4.79 Å². The molecule has 0 radical (unpaired) electrons. The summed E-state index contributed by atoms with van der Waals surface area (Å²) in [5, 5.41) is 11.4. The highest BCUT2D eigenvalue weighted by Gasteiger charge is 2.06. The van der Waals surface area contributed by atoms with Gasteiger partial charge in [0.15, 0.2) is 0 Å². The number of hydrogen-bond acceptors (Lipinski definition) is 3. The largest absolute Gasteiger partial charge is 0.480 e. The van der Waals surface area contributed by atoms with Crippen LogP contribution < -0.4 is 5.32 Å². The first kappa shape index (κ1) is 11.4. The summed E-state index contributed by atoms with van der Waals surface area (Å²) in [4.78, 5) is 18.1. The third-order valence-corrected chi connectivity index (χ3v) is 2.49. The summed E-state index contributed by atoms with van der Waals surface area (Å²) in [7, 11) is 0. The fourth-order valence-electron chi connectivity index (χ4n) is 1.59. The fraction of sp³-hybridized carbons (Fsp3) is 0.333. The molecule has 5 nitrogen and oxygen atoms in total. The number of benzene rings is 1. The number of aromatic amines is 1. The summed E-state index contributed by atoms with van der Waals surface area (Å²) in [5.74, 6) is 0.408. The van der Waals surface area contributed by atoms with Gasteiger partial charge in [0.2, 0.25) is 0 Å². The summed E-state index contributed by atoms with van der Waals surface area (Å²) in [6.07, 6.45) is 0. The molecule has 0 amide bonds. The van der Waals surface area contributed by atoms with E-state index in [2.05, 4.69) is 29.1 Å². The topological polar surface area (TPSA) is 78.0 Å². The van der Waals surface area contributed by atoms with Gasteiger partial charge in [-0.2, -0.15) is 0 Å². The van der Waals surface area contributed by atoms with Crippen molar-refractivity contribution >= 4 is 22.7 Å². The molecule has 0 aliphatic rings. The summed E-state index contributed by atoms with van der Waals surface area (Å²) in [5.41, 5.74) is 2.59. The Bertz CT molecular complexity index is 546. The van der Waals surface area contributed by atoms with E-state index >= 15 is 0 Å². The smallest absolute Gasteiger partial charge is 0.322 e. The lowest BCUT2D eigenvalue weighted by Gasteiger charge is -2.02. The first-order chi connectivity index (χ1) is 8.06. The van der Waals surface area contributed by atoms with Gasteiger partial charge in [0, 0.05) is 11.6 Å². The normalized spacial score (nSPS) is 11.0. The van der Waals surface area contributed by atoms with Crippen LogP contribution in [0.25, 0.3) is 11.0 Å². The van der Waals surface area contributed by atoms with Crippen molar-refractivity contribution in [3.05, 3.63) is 24.0 Å². The second-order valence-electron chi connectivity index (χ2n) is 4.26. The number of nitrogens with one attached hydrogen (secondary N) is 2. The Balaban J connectivity index is 2.27. The third-order valence-electron chi connectivity index (χ3n) is 2.49. The van der Waals surface area contributed by atoms with Crippen LogP contribution in [0.5, 0.6) is 0 Å². The maximum atomic E-state index is 10.4. The van der Waals surface area contributed by atoms with Gasteiger partial charge in [0.25, 0.3) is 0 Å². The number of rotatable bonds is 4. The lowest BCUT2D eigenvalue weighted by Crippen LogP contribution is -2.12. The molecule has 0 bridgehead atoms. The number of hydrogen-bond donors (Lipinski definition) is 3. The maximum Gasteiger partial charge on any atom is 0.322 e. The predicted octanol–water partition coefficient (Wildman–Crippen LogP) is 2.18. The van der Waals surface area contributed by atoms with Gasteiger partial charge >= 0.3 is 5.97 Å². The van der Waals surface area contributed by atoms with E-state index in [0.717, 1.165) is 22.5 Å². The van der Waals surface area contributed by atoms with Crippen LogP contribution in [-0.2, 0) is 4.79 Å². The molecule has 0 atom stereocenters. The number of aromatic nitrogens is 2. The molecule has 0 unspecified atom stereocenters. The Morgan fingerprint density at radius 1 is 1.53 bits per heavy atom. The molecular weight excluding hydrogens is 218 g/mol. The first-order valence-corrected chi connectivity index (χ1v) is 5.51. The van der Waals surface area contributed by atoms with E-state index < -0.39 is 5.97 Å². The first-order valence-electron chi connectivity index (χ1n) is 5.51. The van der Waals surface area contributed by atoms with Crippen LogP contribution in [0.2, 0.25) is 0 Å². The van der Waals surface area contributed by atoms with Crippen molar-refractivity contribution in [2.45, 2.75) is 19.8 Å². The van der Waals surface area contributed by atoms with E-state index in [0.29, 0.717) is 5.92 Å². The molecule has 3 N–H and O–H groups in total. The molecule has 2 rings (SSSR count). The molecule has 1 aromatic heterocycles. The molecule has 0 aliphatic carbocycles. The van der Waals surface area contributed by atoms with E-state index in [1.807, 2.05) is 18.2 Å². The van der Waals surface area contributed by atoms with Crippen LogP contribution in [0, 0.1) is 0 Å². The number of imidazole rings is 1. The fourth-order valence-corrected chi connectivity index (χ4v) is 1.59. The minimum absolute atomic E-state index is 0.0866. The van der Waals surface area contributed by atoms with Crippen molar-refractivity contribution in [3.63, 3.8) is 0 Å². The van der Waals surface area contributed by atoms with Gasteiger partial charge in [-0.3, -0.25) is 4.79 Å². The average Bonchev–Trinajstić information content (AvgIpc) is 2.69. The molecule has 0 saturated carbocycles. The molecule has 0 fully saturated rings. The van der Waals surface area contributed by atoms with Gasteiger partial charge in [0.05, 0.1) is 11.0 Å². The van der Waals surface area contributed by atoms with Gasteiger partial charge in [-0.1, -0.05) is 13.8 Å². The zero-order valence-corrected chi connectivity index (χ0v) is 9.82. The van der Waals surface area contributed by atoms with Crippen molar-refractivity contribution < 1.29 is 9.90 Å². The molecule has 1 aromatic carbocycles. The molecule has 2 aromatic rings. The van der Waals surface area contributed by atoms with Crippen LogP contribution in [-0.4, -0.2) is 27.6 Å². The van der Waals surface area contributed by atoms with Gasteiger partial charge in [-0.15, -0.1) is 0 Å². The maximum absolute atomic E-state index is 10.4. The molecule has 90 valence electrons. The highest BCUT2D eigenvalue weighted by Crippen LogP contribution is 2.20. The van der Waals surface area contributed by atoms with Crippen molar-refractivity contribution in [1.82, 2.24) is 9.97 Å². The minimum atomic E-state index is -0.877. The quantitative estimate of drug-likeness (QED) is 0.756. The number of nitrogens with zero attached hydrogens (tertiary/aromatic N) is 1. The Hall–Kier alpha value is -2.04. The van der Waals surface area contributed by atoms with Crippen LogP contribution in [0.1, 0.15) is 25.6 Å². The van der Waals surface area contributed by atoms with Gasteiger partial charge in [0.1, 0.15) is 12.4 Å². The standard InChI is InChI=1S/C12H15N3O2/c1-7(2)12-14-9-4-3-8(5-10(9)15-12)13-6-11(16)17/h3-5,7,13H,6H2,1-2H3,(H,14,15)(H,16,17). The van der Waals surface area contributed by atoms with Crippen LogP contribution >= 0.6 is 0 Å². The number of anilines is 1. The highest BCUT2D eigenvalue weighted by atomic mass is 16.4. The molecule has 1 heterocycles. The Morgan fingerprint density at radius 2 is 2.29 bits per heavy atom. The minimum Gasteiger partial charge on any atom is -0.480 e. The number of fused-ring (bicyclic) bond motifs is 1. The lowest BCUT2D eigenvalue weighted by atomic mass is 10.2. The number of aliphatic carboxylic acids is 1. The van der Waals surface area contributed by atoms with Crippen molar-refractivity contribution in [3.8, 4) is 0 Å². The average molecular weight is 233 g/mol. The predicted molar refractivity (Wildman–Crippen MR) is 66.3 cm³/mol. The van der Waals surface area contributed by atoms with Crippen molar-refractivity contribution in [2.24, 2.45) is 0 Å². The van der Waals surface area contributed by atoms with E-state index in [1.54, 1.807) is 0 Å². The zero-order valence-electron chi connectivity index (χ0n) is 9.82. The Morgan fingerprint density at radius 3 is 2.94 bits per heavy atom. The lowest BCUT2D eigenvalue weighted by molar-refractivity contribution is -0.134.